The molecule has 0 spiro atoms. The van der Waals surface area contributed by atoms with Crippen LogP contribution in [-0.4, -0.2) is 63.5 Å². The Morgan fingerprint density at radius 1 is 1.37 bits per heavy atom. The smallest absolute Gasteiger partial charge is 0.323 e. The SMILES string of the molecule is CCCC(=O)N1CSCC1C(=O)N(CC)CC(=O)O. The van der Waals surface area contributed by atoms with Gasteiger partial charge in [0.1, 0.15) is 12.6 Å². The van der Waals surface area contributed by atoms with E-state index in [4.69, 9.17) is 5.11 Å². The second-order valence-electron chi connectivity index (χ2n) is 4.38. The largest absolute Gasteiger partial charge is 0.480 e. The molecule has 1 rings (SSSR count). The summed E-state index contributed by atoms with van der Waals surface area (Å²) in [5.74, 6) is -0.270. The first kappa shape index (κ1) is 15.8. The van der Waals surface area contributed by atoms with E-state index in [0.717, 1.165) is 6.42 Å². The molecule has 2 amide bonds. The second kappa shape index (κ2) is 7.37. The highest BCUT2D eigenvalue weighted by Gasteiger charge is 2.36. The minimum Gasteiger partial charge on any atom is -0.480 e. The van der Waals surface area contributed by atoms with Crippen molar-refractivity contribution in [1.82, 2.24) is 9.80 Å². The van der Waals surface area contributed by atoms with Crippen LogP contribution >= 0.6 is 11.8 Å². The third kappa shape index (κ3) is 4.12. The molecule has 7 heteroatoms. The fraction of sp³-hybridized carbons (Fsp3) is 0.750. The lowest BCUT2D eigenvalue weighted by Crippen LogP contribution is -2.50. The van der Waals surface area contributed by atoms with Gasteiger partial charge in [0.05, 0.1) is 5.88 Å². The molecular formula is C12H20N2O4S. The number of rotatable bonds is 6. The van der Waals surface area contributed by atoms with Crippen LogP contribution in [0, 0.1) is 0 Å². The summed E-state index contributed by atoms with van der Waals surface area (Å²) < 4.78 is 0. The predicted molar refractivity (Wildman–Crippen MR) is 72.8 cm³/mol. The topological polar surface area (TPSA) is 77.9 Å². The third-order valence-electron chi connectivity index (χ3n) is 2.97. The van der Waals surface area contributed by atoms with E-state index in [9.17, 15) is 14.4 Å². The Hall–Kier alpha value is -1.24. The maximum Gasteiger partial charge on any atom is 0.323 e. The second-order valence-corrected chi connectivity index (χ2v) is 5.38. The van der Waals surface area contributed by atoms with E-state index in [0.29, 0.717) is 24.6 Å². The first-order valence-corrected chi connectivity index (χ1v) is 7.54. The minimum absolute atomic E-state index is 0.0303. The molecule has 1 aliphatic heterocycles. The molecule has 19 heavy (non-hydrogen) atoms. The molecule has 0 saturated carbocycles. The summed E-state index contributed by atoms with van der Waals surface area (Å²) in [6.07, 6.45) is 1.17. The Kier molecular flexibility index (Phi) is 6.14. The molecular weight excluding hydrogens is 268 g/mol. The number of carboxylic acid groups (broad SMARTS) is 1. The van der Waals surface area contributed by atoms with Crippen molar-refractivity contribution in [3.8, 4) is 0 Å². The number of nitrogens with zero attached hydrogens (tertiary/aromatic N) is 2. The lowest BCUT2D eigenvalue weighted by molar-refractivity contribution is -0.148. The molecule has 0 bridgehead atoms. The van der Waals surface area contributed by atoms with Crippen LogP contribution in [0.15, 0.2) is 0 Å². The summed E-state index contributed by atoms with van der Waals surface area (Å²) >= 11 is 1.53. The van der Waals surface area contributed by atoms with Crippen LogP contribution < -0.4 is 0 Å². The standard InChI is InChI=1S/C12H20N2O4S/c1-3-5-10(15)14-8-19-7-9(14)12(18)13(4-2)6-11(16)17/h9H,3-8H2,1-2H3,(H,16,17). The van der Waals surface area contributed by atoms with Gasteiger partial charge < -0.3 is 14.9 Å². The number of hydrogen-bond acceptors (Lipinski definition) is 4. The molecule has 1 atom stereocenters. The zero-order chi connectivity index (χ0) is 14.4. The van der Waals surface area contributed by atoms with Gasteiger partial charge in [-0.15, -0.1) is 11.8 Å². The van der Waals surface area contributed by atoms with Crippen LogP contribution in [0.3, 0.4) is 0 Å². The van der Waals surface area contributed by atoms with Gasteiger partial charge in [0.25, 0.3) is 0 Å². The molecule has 1 aliphatic rings. The van der Waals surface area contributed by atoms with Crippen molar-refractivity contribution in [3.63, 3.8) is 0 Å². The van der Waals surface area contributed by atoms with Crippen LogP contribution in [-0.2, 0) is 14.4 Å². The molecule has 0 aliphatic carbocycles. The van der Waals surface area contributed by atoms with Crippen LogP contribution in [0.1, 0.15) is 26.7 Å². The van der Waals surface area contributed by atoms with Crippen molar-refractivity contribution in [2.24, 2.45) is 0 Å². The van der Waals surface area contributed by atoms with Gasteiger partial charge in [0.15, 0.2) is 0 Å². The highest BCUT2D eigenvalue weighted by Crippen LogP contribution is 2.23. The van der Waals surface area contributed by atoms with Crippen LogP contribution in [0.5, 0.6) is 0 Å². The highest BCUT2D eigenvalue weighted by atomic mass is 32.2. The molecule has 108 valence electrons. The van der Waals surface area contributed by atoms with Crippen molar-refractivity contribution in [2.75, 3.05) is 24.7 Å². The van der Waals surface area contributed by atoms with Gasteiger partial charge in [-0.3, -0.25) is 14.4 Å². The normalized spacial score (nSPS) is 18.4. The first-order valence-electron chi connectivity index (χ1n) is 6.39. The molecule has 1 saturated heterocycles. The average Bonchev–Trinajstić information content (AvgIpc) is 2.84. The number of aliphatic carboxylic acids is 1. The average molecular weight is 288 g/mol. The molecule has 0 aromatic carbocycles. The Labute approximate surface area is 117 Å². The summed E-state index contributed by atoms with van der Waals surface area (Å²) in [4.78, 5) is 37.8. The van der Waals surface area contributed by atoms with Gasteiger partial charge in [-0.25, -0.2) is 0 Å². The molecule has 1 unspecified atom stereocenters. The summed E-state index contributed by atoms with van der Waals surface area (Å²) in [6.45, 7) is 3.68. The van der Waals surface area contributed by atoms with E-state index in [2.05, 4.69) is 0 Å². The van der Waals surface area contributed by atoms with Gasteiger partial charge in [-0.2, -0.15) is 0 Å². The Morgan fingerprint density at radius 3 is 2.58 bits per heavy atom. The number of carbonyl (C=O) groups is 3. The maximum atomic E-state index is 12.3. The number of likely N-dealkylation sites (N-methyl/N-ethyl adjacent to an activating group) is 1. The van der Waals surface area contributed by atoms with Crippen LogP contribution in [0.2, 0.25) is 0 Å². The Morgan fingerprint density at radius 2 is 2.05 bits per heavy atom. The predicted octanol–water partition coefficient (Wildman–Crippen LogP) is 0.621. The maximum absolute atomic E-state index is 12.3. The zero-order valence-electron chi connectivity index (χ0n) is 11.3. The quantitative estimate of drug-likeness (QED) is 0.775. The van der Waals surface area contributed by atoms with Crippen molar-refractivity contribution in [1.29, 1.82) is 0 Å². The van der Waals surface area contributed by atoms with E-state index < -0.39 is 12.0 Å². The fourth-order valence-corrected chi connectivity index (χ4v) is 3.14. The van der Waals surface area contributed by atoms with Gasteiger partial charge in [0.2, 0.25) is 11.8 Å². The van der Waals surface area contributed by atoms with Crippen molar-refractivity contribution in [2.45, 2.75) is 32.7 Å². The molecule has 0 aromatic rings. The third-order valence-corrected chi connectivity index (χ3v) is 3.98. The number of carbonyl (C=O) groups excluding carboxylic acids is 2. The molecule has 1 heterocycles. The molecule has 6 nitrogen and oxygen atoms in total. The van der Waals surface area contributed by atoms with Gasteiger partial charge in [-0.05, 0) is 13.3 Å². The molecule has 1 fully saturated rings. The van der Waals surface area contributed by atoms with E-state index >= 15 is 0 Å². The number of thioether (sulfide) groups is 1. The Bertz CT molecular complexity index is 362. The van der Waals surface area contributed by atoms with E-state index in [1.165, 1.54) is 16.7 Å². The summed E-state index contributed by atoms with van der Waals surface area (Å²) in [6, 6.07) is -0.511. The molecule has 0 radical (unpaired) electrons. The van der Waals surface area contributed by atoms with Gasteiger partial charge in [0, 0.05) is 18.7 Å². The Balaban J connectivity index is 2.73. The minimum atomic E-state index is -1.03. The first-order chi connectivity index (χ1) is 9.01. The summed E-state index contributed by atoms with van der Waals surface area (Å²) in [7, 11) is 0. The van der Waals surface area contributed by atoms with Gasteiger partial charge >= 0.3 is 5.97 Å². The lowest BCUT2D eigenvalue weighted by atomic mass is 10.2. The molecule has 0 aromatic heterocycles. The van der Waals surface area contributed by atoms with Crippen molar-refractivity contribution < 1.29 is 19.5 Å². The zero-order valence-corrected chi connectivity index (χ0v) is 12.1. The van der Waals surface area contributed by atoms with Crippen LogP contribution in [0.4, 0.5) is 0 Å². The van der Waals surface area contributed by atoms with E-state index in [1.807, 2.05) is 6.92 Å². The lowest BCUT2D eigenvalue weighted by Gasteiger charge is -2.28. The van der Waals surface area contributed by atoms with E-state index in [-0.39, 0.29) is 18.4 Å². The fourth-order valence-electron chi connectivity index (χ4n) is 1.97. The summed E-state index contributed by atoms with van der Waals surface area (Å²) in [5, 5.41) is 8.79. The monoisotopic (exact) mass is 288 g/mol. The van der Waals surface area contributed by atoms with Gasteiger partial charge in [-0.1, -0.05) is 6.92 Å². The van der Waals surface area contributed by atoms with Crippen molar-refractivity contribution in [3.05, 3.63) is 0 Å². The number of amides is 2. The number of hydrogen-bond donors (Lipinski definition) is 1. The van der Waals surface area contributed by atoms with E-state index in [1.54, 1.807) is 11.8 Å². The van der Waals surface area contributed by atoms with Crippen LogP contribution in [0.25, 0.3) is 0 Å². The summed E-state index contributed by atoms with van der Waals surface area (Å²) in [5.41, 5.74) is 0. The molecule has 1 N–H and O–H groups in total. The number of carboxylic acids is 1. The van der Waals surface area contributed by atoms with Crippen molar-refractivity contribution >= 4 is 29.5 Å². The highest BCUT2D eigenvalue weighted by molar-refractivity contribution is 7.99.